The number of carbonyl (C=O) groups excluding carboxylic acids is 2. The summed E-state index contributed by atoms with van der Waals surface area (Å²) in [5.41, 5.74) is -0.896. The number of methoxy groups -OCH3 is 1. The van der Waals surface area contributed by atoms with Gasteiger partial charge in [-0.05, 0) is 30.5 Å². The largest absolute Gasteiger partial charge is 0.467 e. The van der Waals surface area contributed by atoms with Gasteiger partial charge in [0.1, 0.15) is 6.04 Å². The van der Waals surface area contributed by atoms with Crippen LogP contribution in [0, 0.1) is 5.92 Å². The Bertz CT molecular complexity index is 559. The van der Waals surface area contributed by atoms with Crippen LogP contribution in [0.3, 0.4) is 0 Å². The number of benzene rings is 1. The van der Waals surface area contributed by atoms with Gasteiger partial charge in [-0.2, -0.15) is 13.2 Å². The minimum Gasteiger partial charge on any atom is -0.467 e. The Hall–Kier alpha value is -2.25. The summed E-state index contributed by atoms with van der Waals surface area (Å²) < 4.78 is 42.5. The van der Waals surface area contributed by atoms with Crippen molar-refractivity contribution in [2.45, 2.75) is 32.5 Å². The Morgan fingerprint density at radius 2 is 1.91 bits per heavy atom. The maximum absolute atomic E-state index is 12.6. The summed E-state index contributed by atoms with van der Waals surface area (Å²) in [5.74, 6) is -0.495. The van der Waals surface area contributed by atoms with Crippen molar-refractivity contribution in [3.05, 3.63) is 29.8 Å². The first kappa shape index (κ1) is 18.8. The van der Waals surface area contributed by atoms with Crippen LogP contribution in [0.5, 0.6) is 0 Å². The van der Waals surface area contributed by atoms with E-state index in [2.05, 4.69) is 15.4 Å². The van der Waals surface area contributed by atoms with Crippen molar-refractivity contribution >= 4 is 17.7 Å². The van der Waals surface area contributed by atoms with E-state index in [9.17, 15) is 22.8 Å². The van der Waals surface area contributed by atoms with E-state index in [1.807, 2.05) is 13.8 Å². The van der Waals surface area contributed by atoms with Gasteiger partial charge in [0, 0.05) is 5.69 Å². The van der Waals surface area contributed by atoms with E-state index in [0.717, 1.165) is 12.1 Å². The summed E-state index contributed by atoms with van der Waals surface area (Å²) in [6, 6.07) is 2.58. The Morgan fingerprint density at radius 3 is 2.43 bits per heavy atom. The van der Waals surface area contributed by atoms with E-state index < -0.39 is 29.8 Å². The van der Waals surface area contributed by atoms with E-state index in [0.29, 0.717) is 6.42 Å². The number of anilines is 1. The first-order valence-electron chi connectivity index (χ1n) is 6.96. The molecule has 0 radical (unpaired) electrons. The monoisotopic (exact) mass is 332 g/mol. The second kappa shape index (κ2) is 7.85. The van der Waals surface area contributed by atoms with Crippen LogP contribution in [-0.2, 0) is 15.7 Å². The number of ether oxygens (including phenoxy) is 1. The summed E-state index contributed by atoms with van der Waals surface area (Å²) in [4.78, 5) is 23.5. The van der Waals surface area contributed by atoms with E-state index >= 15 is 0 Å². The molecule has 5 nitrogen and oxygen atoms in total. The predicted octanol–water partition coefficient (Wildman–Crippen LogP) is 3.41. The number of halogens is 3. The smallest absolute Gasteiger partial charge is 0.416 e. The maximum Gasteiger partial charge on any atom is 0.416 e. The standard InChI is InChI=1S/C15H19F3N2O3/c1-9(2)7-12(13(21)23-3)20-14(22)19-11-6-4-5-10(8-11)15(16,17)18/h4-6,8-9,12H,7H2,1-3H3,(H2,19,20,22)/t12-/m0/s1. The van der Waals surface area contributed by atoms with E-state index in [-0.39, 0.29) is 11.6 Å². The quantitative estimate of drug-likeness (QED) is 0.812. The van der Waals surface area contributed by atoms with Crippen molar-refractivity contribution < 1.29 is 27.5 Å². The van der Waals surface area contributed by atoms with Crippen LogP contribution < -0.4 is 10.6 Å². The lowest BCUT2D eigenvalue weighted by Crippen LogP contribution is -2.44. The molecule has 0 saturated heterocycles. The van der Waals surface area contributed by atoms with Crippen LogP contribution in [0.1, 0.15) is 25.8 Å². The molecular weight excluding hydrogens is 313 g/mol. The summed E-state index contributed by atoms with van der Waals surface area (Å²) in [7, 11) is 1.20. The van der Waals surface area contributed by atoms with Gasteiger partial charge in [0.2, 0.25) is 0 Å². The normalized spacial score (nSPS) is 12.7. The SMILES string of the molecule is COC(=O)[C@H](CC(C)C)NC(=O)Nc1cccc(C(F)(F)F)c1. The average Bonchev–Trinajstić information content (AvgIpc) is 2.44. The van der Waals surface area contributed by atoms with Crippen molar-refractivity contribution in [2.24, 2.45) is 5.92 Å². The summed E-state index contributed by atoms with van der Waals surface area (Å²) >= 11 is 0. The lowest BCUT2D eigenvalue weighted by Gasteiger charge is -2.19. The highest BCUT2D eigenvalue weighted by atomic mass is 19.4. The van der Waals surface area contributed by atoms with Gasteiger partial charge in [-0.3, -0.25) is 0 Å². The van der Waals surface area contributed by atoms with Gasteiger partial charge in [-0.1, -0.05) is 19.9 Å². The molecule has 0 aliphatic rings. The molecule has 8 heteroatoms. The molecule has 0 aliphatic carbocycles. The third kappa shape index (κ3) is 6.17. The molecule has 1 rings (SSSR count). The topological polar surface area (TPSA) is 67.4 Å². The number of esters is 1. The highest BCUT2D eigenvalue weighted by molar-refractivity contribution is 5.92. The van der Waals surface area contributed by atoms with Crippen LogP contribution >= 0.6 is 0 Å². The molecule has 0 aliphatic heterocycles. The lowest BCUT2D eigenvalue weighted by molar-refractivity contribution is -0.143. The van der Waals surface area contributed by atoms with Crippen LogP contribution in [0.4, 0.5) is 23.7 Å². The predicted molar refractivity (Wildman–Crippen MR) is 78.9 cm³/mol. The maximum atomic E-state index is 12.6. The van der Waals surface area contributed by atoms with Crippen molar-refractivity contribution in [3.63, 3.8) is 0 Å². The molecule has 2 N–H and O–H groups in total. The number of amides is 2. The number of urea groups is 1. The zero-order valence-corrected chi connectivity index (χ0v) is 13.0. The first-order chi connectivity index (χ1) is 10.6. The van der Waals surface area contributed by atoms with Crippen molar-refractivity contribution in [3.8, 4) is 0 Å². The fourth-order valence-corrected chi connectivity index (χ4v) is 1.93. The van der Waals surface area contributed by atoms with Crippen LogP contribution in [0.2, 0.25) is 0 Å². The number of alkyl halides is 3. The molecule has 1 atom stereocenters. The Morgan fingerprint density at radius 1 is 1.26 bits per heavy atom. The second-order valence-electron chi connectivity index (χ2n) is 5.38. The van der Waals surface area contributed by atoms with E-state index in [1.54, 1.807) is 0 Å². The summed E-state index contributed by atoms with van der Waals surface area (Å²) in [6.45, 7) is 3.73. The Balaban J connectivity index is 2.76. The molecule has 1 aromatic rings. The molecule has 0 spiro atoms. The third-order valence-electron chi connectivity index (χ3n) is 2.95. The number of nitrogens with one attached hydrogen (secondary N) is 2. The Kier molecular flexibility index (Phi) is 6.41. The molecule has 0 aromatic heterocycles. The number of hydrogen-bond donors (Lipinski definition) is 2. The first-order valence-corrected chi connectivity index (χ1v) is 6.96. The van der Waals surface area contributed by atoms with Crippen molar-refractivity contribution in [1.82, 2.24) is 5.32 Å². The minimum absolute atomic E-state index is 0.0227. The zero-order chi connectivity index (χ0) is 17.6. The van der Waals surface area contributed by atoms with Gasteiger partial charge < -0.3 is 15.4 Å². The van der Waals surface area contributed by atoms with Gasteiger partial charge in [0.25, 0.3) is 0 Å². The van der Waals surface area contributed by atoms with Gasteiger partial charge in [-0.15, -0.1) is 0 Å². The molecule has 0 bridgehead atoms. The van der Waals surface area contributed by atoms with Crippen LogP contribution in [0.25, 0.3) is 0 Å². The molecular formula is C15H19F3N2O3. The van der Waals surface area contributed by atoms with Crippen LogP contribution in [0.15, 0.2) is 24.3 Å². The Labute approximate surface area is 132 Å². The van der Waals surface area contributed by atoms with E-state index in [1.165, 1.54) is 19.2 Å². The van der Waals surface area contributed by atoms with Crippen molar-refractivity contribution in [2.75, 3.05) is 12.4 Å². The highest BCUT2D eigenvalue weighted by Gasteiger charge is 2.30. The molecule has 0 heterocycles. The van der Waals surface area contributed by atoms with Gasteiger partial charge in [-0.25, -0.2) is 9.59 Å². The fourth-order valence-electron chi connectivity index (χ4n) is 1.93. The third-order valence-corrected chi connectivity index (χ3v) is 2.95. The molecule has 1 aromatic carbocycles. The van der Waals surface area contributed by atoms with Crippen molar-refractivity contribution in [1.29, 1.82) is 0 Å². The van der Waals surface area contributed by atoms with Crippen LogP contribution in [-0.4, -0.2) is 25.2 Å². The average molecular weight is 332 g/mol. The van der Waals surface area contributed by atoms with Gasteiger partial charge in [0.15, 0.2) is 0 Å². The molecule has 0 fully saturated rings. The molecule has 0 saturated carbocycles. The zero-order valence-electron chi connectivity index (χ0n) is 13.0. The molecule has 0 unspecified atom stereocenters. The molecule has 23 heavy (non-hydrogen) atoms. The fraction of sp³-hybridized carbons (Fsp3) is 0.467. The molecule has 128 valence electrons. The minimum atomic E-state index is -4.50. The van der Waals surface area contributed by atoms with E-state index in [4.69, 9.17) is 0 Å². The number of rotatable bonds is 5. The number of carbonyl (C=O) groups is 2. The van der Waals surface area contributed by atoms with Gasteiger partial charge in [0.05, 0.1) is 12.7 Å². The highest BCUT2D eigenvalue weighted by Crippen LogP contribution is 2.30. The second-order valence-corrected chi connectivity index (χ2v) is 5.38. The number of hydrogen-bond acceptors (Lipinski definition) is 3. The van der Waals surface area contributed by atoms with Gasteiger partial charge >= 0.3 is 18.2 Å². The lowest BCUT2D eigenvalue weighted by atomic mass is 10.0. The summed E-state index contributed by atoms with van der Waals surface area (Å²) in [5, 5.41) is 4.68. The summed E-state index contributed by atoms with van der Waals surface area (Å²) in [6.07, 6.45) is -4.15. The molecule has 2 amide bonds.